The van der Waals surface area contributed by atoms with Gasteiger partial charge in [-0.1, -0.05) is 36.1 Å². The van der Waals surface area contributed by atoms with Crippen LogP contribution in [-0.2, 0) is 0 Å². The summed E-state index contributed by atoms with van der Waals surface area (Å²) in [7, 11) is 0. The van der Waals surface area contributed by atoms with E-state index < -0.39 is 27.7 Å². The highest BCUT2D eigenvalue weighted by Gasteiger charge is 2.52. The smallest absolute Gasteiger partial charge is 0.166 e. The highest BCUT2D eigenvalue weighted by atomic mass is 33.4. The second-order valence-electron chi connectivity index (χ2n) is 3.25. The van der Waals surface area contributed by atoms with Crippen LogP contribution in [-0.4, -0.2) is 18.1 Å². The number of hydrogen-bond acceptors (Lipinski definition) is 3. The third-order valence-electron chi connectivity index (χ3n) is 1.75. The summed E-state index contributed by atoms with van der Waals surface area (Å²) in [5.41, 5.74) is -1.43. The number of rotatable bonds is 4. The van der Waals surface area contributed by atoms with Gasteiger partial charge in [0, 0.05) is 0 Å². The topological polar surface area (TPSA) is 0 Å². The molecule has 0 fully saturated rings. The molecule has 1 aliphatic heterocycles. The monoisotopic (exact) mass is 346 g/mol. The molecule has 0 aromatic rings. The third-order valence-corrected chi connectivity index (χ3v) is 11.8. The summed E-state index contributed by atoms with van der Waals surface area (Å²) in [6.07, 6.45) is -8.15. The molecule has 0 atom stereocenters. The zero-order valence-corrected chi connectivity index (χ0v) is 12.4. The van der Waals surface area contributed by atoms with Gasteiger partial charge in [-0.2, -0.15) is 26.3 Å². The van der Waals surface area contributed by atoms with Crippen LogP contribution in [0, 0.1) is 0 Å². The van der Waals surface area contributed by atoms with Gasteiger partial charge in [0.15, 0.2) is 0 Å². The molecule has 0 aromatic carbocycles. The maximum absolute atomic E-state index is 12.5. The fourth-order valence-corrected chi connectivity index (χ4v) is 11.8. The molecule has 18 heavy (non-hydrogen) atoms. The summed E-state index contributed by atoms with van der Waals surface area (Å²) >= 11 is 1.85. The van der Waals surface area contributed by atoms with E-state index in [9.17, 15) is 26.3 Å². The van der Waals surface area contributed by atoms with Crippen LogP contribution in [0.2, 0.25) is 0 Å². The number of halogens is 6. The average molecular weight is 346 g/mol. The van der Waals surface area contributed by atoms with Crippen molar-refractivity contribution >= 4 is 39.7 Å². The predicted octanol–water partition coefficient (Wildman–Crippen LogP) is 6.56. The van der Waals surface area contributed by atoms with Crippen LogP contribution in [0.1, 0.15) is 19.8 Å². The molecule has 0 saturated carbocycles. The molecular weight excluding hydrogens is 337 g/mol. The lowest BCUT2D eigenvalue weighted by Gasteiger charge is -2.10. The van der Waals surface area contributed by atoms with Gasteiger partial charge < -0.3 is 0 Å². The highest BCUT2D eigenvalue weighted by molar-refractivity contribution is 9.14. The van der Waals surface area contributed by atoms with Crippen LogP contribution < -0.4 is 0 Å². The van der Waals surface area contributed by atoms with Crippen LogP contribution in [0.15, 0.2) is 9.81 Å². The molecule has 0 nitrogen and oxygen atoms in total. The minimum absolute atomic E-state index is 0.328. The Morgan fingerprint density at radius 2 is 1.44 bits per heavy atom. The molecule has 0 amide bonds. The Hall–Kier alpha value is 0.800. The molecule has 0 unspecified atom stereocenters. The average Bonchev–Trinajstić information content (AvgIpc) is 2.61. The second-order valence-corrected chi connectivity index (χ2v) is 12.8. The molecule has 106 valence electrons. The van der Waals surface area contributed by atoms with E-state index in [0.717, 1.165) is 12.8 Å². The van der Waals surface area contributed by atoms with Crippen molar-refractivity contribution in [2.75, 3.05) is 5.75 Å². The fraction of sp³-hybridized carbons (Fsp3) is 0.750. The second kappa shape index (κ2) is 6.50. The number of alkyl halides is 6. The molecule has 0 saturated heterocycles. The summed E-state index contributed by atoms with van der Waals surface area (Å²) in [5.74, 6) is 0.596. The van der Waals surface area contributed by atoms with E-state index in [1.165, 1.54) is 11.4 Å². The van der Waals surface area contributed by atoms with Gasteiger partial charge in [-0.05, 0) is 12.2 Å². The zero-order valence-electron chi connectivity index (χ0n) is 9.06. The molecule has 1 aliphatic rings. The van der Waals surface area contributed by atoms with Gasteiger partial charge in [0.25, 0.3) is 0 Å². The van der Waals surface area contributed by atoms with Crippen molar-refractivity contribution in [2.24, 2.45) is 0 Å². The molecule has 0 bridgehead atoms. The quantitative estimate of drug-likeness (QED) is 0.321. The van der Waals surface area contributed by atoms with E-state index in [2.05, 4.69) is 0 Å². The lowest BCUT2D eigenvalue weighted by molar-refractivity contribution is -0.103. The van der Waals surface area contributed by atoms with Crippen LogP contribution in [0.3, 0.4) is 0 Å². The summed E-state index contributed by atoms with van der Waals surface area (Å²) in [4.78, 5) is -2.95. The van der Waals surface area contributed by atoms with Gasteiger partial charge in [0.1, 0.15) is 9.81 Å². The van der Waals surface area contributed by atoms with Crippen LogP contribution in [0.25, 0.3) is 0 Å². The van der Waals surface area contributed by atoms with Crippen LogP contribution in [0.5, 0.6) is 0 Å². The summed E-state index contributed by atoms with van der Waals surface area (Å²) in [5, 5.41) is 0. The van der Waals surface area contributed by atoms with Crippen molar-refractivity contribution in [3.63, 3.8) is 0 Å². The van der Waals surface area contributed by atoms with E-state index in [1.807, 2.05) is 6.92 Å². The predicted molar refractivity (Wildman–Crippen MR) is 68.6 cm³/mol. The van der Waals surface area contributed by atoms with E-state index in [-0.39, 0.29) is 0 Å². The third kappa shape index (κ3) is 4.72. The summed E-state index contributed by atoms with van der Waals surface area (Å²) < 4.78 is 75.1. The molecule has 0 aromatic heterocycles. The lowest BCUT2D eigenvalue weighted by Crippen LogP contribution is -2.16. The van der Waals surface area contributed by atoms with Crippen molar-refractivity contribution in [1.29, 1.82) is 0 Å². The van der Waals surface area contributed by atoms with E-state index in [1.54, 1.807) is 0 Å². The highest BCUT2D eigenvalue weighted by Crippen LogP contribution is 2.82. The van der Waals surface area contributed by atoms with Crippen LogP contribution >= 0.6 is 39.7 Å². The fourth-order valence-electron chi connectivity index (χ4n) is 0.948. The van der Waals surface area contributed by atoms with Gasteiger partial charge in [0.05, 0.1) is 5.53 Å². The summed E-state index contributed by atoms with van der Waals surface area (Å²) in [6, 6.07) is 0. The van der Waals surface area contributed by atoms with Crippen molar-refractivity contribution in [2.45, 2.75) is 32.1 Å². The lowest BCUT2D eigenvalue weighted by atomic mass is 10.4. The van der Waals surface area contributed by atoms with Crippen molar-refractivity contribution in [3.05, 3.63) is 9.81 Å². The van der Waals surface area contributed by atoms with Gasteiger partial charge in [-0.25, -0.2) is 0 Å². The van der Waals surface area contributed by atoms with E-state index >= 15 is 0 Å². The van der Waals surface area contributed by atoms with Crippen molar-refractivity contribution in [1.82, 2.24) is 0 Å². The first-order valence-electron chi connectivity index (χ1n) is 4.84. The van der Waals surface area contributed by atoms with Crippen molar-refractivity contribution < 1.29 is 26.3 Å². The van der Waals surface area contributed by atoms with Gasteiger partial charge in [0.2, 0.25) is 0 Å². The molecule has 0 radical (unpaired) electrons. The first-order valence-corrected chi connectivity index (χ1v) is 10.6. The molecule has 0 spiro atoms. The molecule has 1 heterocycles. The molecule has 0 N–H and O–H groups in total. The SMILES string of the molecule is CCCCSP1SC(C(F)(F)F)=C(C(F)(F)F)S1. The molecular formula is C8H9F6PS3. The van der Waals surface area contributed by atoms with E-state index in [0.29, 0.717) is 28.5 Å². The normalized spacial score (nSPS) is 18.8. The maximum atomic E-state index is 12.5. The maximum Gasteiger partial charge on any atom is 0.423 e. The Morgan fingerprint density at radius 1 is 1.00 bits per heavy atom. The Bertz CT molecular complexity index is 298. The number of unbranched alkanes of at least 4 members (excludes halogenated alkanes) is 1. The zero-order chi connectivity index (χ0) is 14.0. The van der Waals surface area contributed by atoms with E-state index in [4.69, 9.17) is 0 Å². The Kier molecular flexibility index (Phi) is 6.09. The largest absolute Gasteiger partial charge is 0.423 e. The van der Waals surface area contributed by atoms with Gasteiger partial charge in [-0.3, -0.25) is 0 Å². The first-order chi connectivity index (χ1) is 8.16. The van der Waals surface area contributed by atoms with Gasteiger partial charge in [-0.15, -0.1) is 11.4 Å². The molecule has 1 rings (SSSR count). The Labute approximate surface area is 114 Å². The number of allylic oxidation sites excluding steroid dienone is 2. The molecule has 10 heteroatoms. The summed E-state index contributed by atoms with van der Waals surface area (Å²) in [6.45, 7) is 1.92. The van der Waals surface area contributed by atoms with Gasteiger partial charge >= 0.3 is 12.4 Å². The first kappa shape index (κ1) is 16.9. The molecule has 0 aliphatic carbocycles. The minimum Gasteiger partial charge on any atom is -0.166 e. The van der Waals surface area contributed by atoms with Crippen molar-refractivity contribution in [3.8, 4) is 0 Å². The van der Waals surface area contributed by atoms with Crippen LogP contribution in [0.4, 0.5) is 26.3 Å². The Balaban J connectivity index is 2.75. The Morgan fingerprint density at radius 3 is 1.78 bits per heavy atom. The standard InChI is InChI=1S/C8H9F6PS3/c1-2-3-4-16-15-17-5(7(9,10)11)6(18-15)8(12,13)14/h2-4H2,1H3. The number of hydrogen-bond donors (Lipinski definition) is 0. The minimum atomic E-state index is -4.91.